The summed E-state index contributed by atoms with van der Waals surface area (Å²) < 4.78 is 12.9. The molecule has 0 aliphatic carbocycles. The van der Waals surface area contributed by atoms with E-state index >= 15 is 0 Å². The summed E-state index contributed by atoms with van der Waals surface area (Å²) in [7, 11) is 0. The molecule has 0 saturated carbocycles. The number of urea groups is 1. The normalized spacial score (nSPS) is 14.8. The van der Waals surface area contributed by atoms with Crippen molar-refractivity contribution in [2.24, 2.45) is 0 Å². The molecule has 2 heterocycles. The number of carbonyl (C=O) groups is 2. The van der Waals surface area contributed by atoms with Gasteiger partial charge in [0.1, 0.15) is 10.8 Å². The third kappa shape index (κ3) is 4.63. The molecule has 3 amide bonds. The van der Waals surface area contributed by atoms with Crippen molar-refractivity contribution >= 4 is 35.0 Å². The highest BCUT2D eigenvalue weighted by molar-refractivity contribution is 7.10. The zero-order valence-corrected chi connectivity index (χ0v) is 14.2. The smallest absolute Gasteiger partial charge is 0.321 e. The standard InChI is InChI=1S/C17H17FN4O2S/c18-13-1-3-14(4-2-13)20-17(24)22-10-8-21(9-11-22)16(23)6-5-15-19-7-12-25-15/h1-7,12H,8-11H2,(H,20,24)/b6-5-. The first-order valence-corrected chi connectivity index (χ1v) is 8.68. The molecule has 0 unspecified atom stereocenters. The minimum atomic E-state index is -0.351. The largest absolute Gasteiger partial charge is 0.336 e. The SMILES string of the molecule is O=C(/C=C\c1nccs1)N1CCN(C(=O)Nc2ccc(F)cc2)CC1. The maximum absolute atomic E-state index is 12.9. The third-order valence-corrected chi connectivity index (χ3v) is 4.53. The van der Waals surface area contributed by atoms with Crippen LogP contribution in [-0.4, -0.2) is 52.9 Å². The van der Waals surface area contributed by atoms with E-state index in [0.717, 1.165) is 5.01 Å². The van der Waals surface area contributed by atoms with E-state index in [-0.39, 0.29) is 17.8 Å². The maximum Gasteiger partial charge on any atom is 0.321 e. The molecule has 1 aliphatic rings. The van der Waals surface area contributed by atoms with E-state index in [1.165, 1.54) is 41.7 Å². The van der Waals surface area contributed by atoms with Crippen LogP contribution in [0.1, 0.15) is 5.01 Å². The van der Waals surface area contributed by atoms with Crippen LogP contribution in [0.2, 0.25) is 0 Å². The van der Waals surface area contributed by atoms with Gasteiger partial charge in [-0.05, 0) is 30.3 Å². The Balaban J connectivity index is 1.48. The number of nitrogens with zero attached hydrogens (tertiary/aromatic N) is 3. The van der Waals surface area contributed by atoms with Gasteiger partial charge >= 0.3 is 6.03 Å². The van der Waals surface area contributed by atoms with Crippen molar-refractivity contribution in [1.29, 1.82) is 0 Å². The van der Waals surface area contributed by atoms with Crippen LogP contribution in [0.25, 0.3) is 6.08 Å². The molecule has 25 heavy (non-hydrogen) atoms. The fourth-order valence-corrected chi connectivity index (χ4v) is 2.96. The molecule has 1 aromatic carbocycles. The van der Waals surface area contributed by atoms with Gasteiger partial charge < -0.3 is 15.1 Å². The molecule has 1 aromatic heterocycles. The van der Waals surface area contributed by atoms with Crippen molar-refractivity contribution in [1.82, 2.24) is 14.8 Å². The quantitative estimate of drug-likeness (QED) is 0.856. The van der Waals surface area contributed by atoms with E-state index < -0.39 is 0 Å². The predicted octanol–water partition coefficient (Wildman–Crippen LogP) is 2.67. The Morgan fingerprint density at radius 1 is 1.12 bits per heavy atom. The van der Waals surface area contributed by atoms with Crippen molar-refractivity contribution in [3.63, 3.8) is 0 Å². The molecule has 130 valence electrons. The minimum absolute atomic E-state index is 0.0891. The molecule has 3 rings (SSSR count). The van der Waals surface area contributed by atoms with E-state index in [2.05, 4.69) is 10.3 Å². The minimum Gasteiger partial charge on any atom is -0.336 e. The van der Waals surface area contributed by atoms with Crippen molar-refractivity contribution < 1.29 is 14.0 Å². The molecular formula is C17H17FN4O2S. The molecule has 1 saturated heterocycles. The average Bonchev–Trinajstić information content (AvgIpc) is 3.15. The van der Waals surface area contributed by atoms with Crippen LogP contribution in [0.15, 0.2) is 41.9 Å². The fraction of sp³-hybridized carbons (Fsp3) is 0.235. The summed E-state index contributed by atoms with van der Waals surface area (Å²) in [5.41, 5.74) is 0.538. The number of piperazine rings is 1. The second-order valence-electron chi connectivity index (χ2n) is 5.45. The molecule has 1 fully saturated rings. The van der Waals surface area contributed by atoms with Gasteiger partial charge in [0.2, 0.25) is 5.91 Å². The lowest BCUT2D eigenvalue weighted by molar-refractivity contribution is -0.127. The van der Waals surface area contributed by atoms with Gasteiger partial charge in [0.25, 0.3) is 0 Å². The molecule has 6 nitrogen and oxygen atoms in total. The first-order valence-electron chi connectivity index (χ1n) is 7.80. The third-order valence-electron chi connectivity index (χ3n) is 3.79. The molecule has 0 atom stereocenters. The maximum atomic E-state index is 12.9. The van der Waals surface area contributed by atoms with Crippen LogP contribution in [-0.2, 0) is 4.79 Å². The van der Waals surface area contributed by atoms with Gasteiger partial charge in [-0.3, -0.25) is 4.79 Å². The Morgan fingerprint density at radius 3 is 2.44 bits per heavy atom. The zero-order chi connectivity index (χ0) is 17.6. The average molecular weight is 360 g/mol. The van der Waals surface area contributed by atoms with Crippen molar-refractivity contribution in [2.45, 2.75) is 0 Å². The van der Waals surface area contributed by atoms with Crippen molar-refractivity contribution in [2.75, 3.05) is 31.5 Å². The number of hydrogen-bond donors (Lipinski definition) is 1. The lowest BCUT2D eigenvalue weighted by Crippen LogP contribution is -2.51. The van der Waals surface area contributed by atoms with Crippen LogP contribution in [0.5, 0.6) is 0 Å². The second kappa shape index (κ2) is 7.89. The van der Waals surface area contributed by atoms with Gasteiger partial charge in [-0.25, -0.2) is 14.2 Å². The van der Waals surface area contributed by atoms with E-state index in [1.807, 2.05) is 5.38 Å². The highest BCUT2D eigenvalue weighted by Gasteiger charge is 2.23. The summed E-state index contributed by atoms with van der Waals surface area (Å²) in [6, 6.07) is 5.35. The number of amides is 3. The summed E-state index contributed by atoms with van der Waals surface area (Å²) in [5.74, 6) is -0.440. The Kier molecular flexibility index (Phi) is 5.39. The number of rotatable bonds is 3. The van der Waals surface area contributed by atoms with Gasteiger partial charge in [0.15, 0.2) is 0 Å². The van der Waals surface area contributed by atoms with E-state index in [9.17, 15) is 14.0 Å². The number of aromatic nitrogens is 1. The molecule has 2 aromatic rings. The van der Waals surface area contributed by atoms with Gasteiger partial charge in [-0.1, -0.05) is 0 Å². The van der Waals surface area contributed by atoms with Crippen LogP contribution in [0.3, 0.4) is 0 Å². The molecule has 0 radical (unpaired) electrons. The zero-order valence-electron chi connectivity index (χ0n) is 13.4. The van der Waals surface area contributed by atoms with Gasteiger partial charge in [-0.2, -0.15) is 0 Å². The molecular weight excluding hydrogens is 343 g/mol. The van der Waals surface area contributed by atoms with Gasteiger partial charge in [0, 0.05) is 49.5 Å². The number of thiazole rings is 1. The highest BCUT2D eigenvalue weighted by atomic mass is 32.1. The van der Waals surface area contributed by atoms with Crippen molar-refractivity contribution in [3.8, 4) is 0 Å². The summed E-state index contributed by atoms with van der Waals surface area (Å²) in [5, 5.41) is 5.36. The summed E-state index contributed by atoms with van der Waals surface area (Å²) in [6.07, 6.45) is 4.89. The first kappa shape index (κ1) is 17.1. The molecule has 0 bridgehead atoms. The summed E-state index contributed by atoms with van der Waals surface area (Å²) >= 11 is 1.46. The van der Waals surface area contributed by atoms with Gasteiger partial charge in [-0.15, -0.1) is 11.3 Å². The highest BCUT2D eigenvalue weighted by Crippen LogP contribution is 2.11. The first-order chi connectivity index (χ1) is 12.1. The number of hydrogen-bond acceptors (Lipinski definition) is 4. The van der Waals surface area contributed by atoms with E-state index in [0.29, 0.717) is 31.9 Å². The molecule has 1 aliphatic heterocycles. The number of nitrogens with one attached hydrogen (secondary N) is 1. The Bertz CT molecular complexity index is 753. The van der Waals surface area contributed by atoms with E-state index in [4.69, 9.17) is 0 Å². The van der Waals surface area contributed by atoms with Crippen molar-refractivity contribution in [3.05, 3.63) is 52.7 Å². The van der Waals surface area contributed by atoms with Gasteiger partial charge in [0.05, 0.1) is 0 Å². The lowest BCUT2D eigenvalue weighted by atomic mass is 10.3. The van der Waals surface area contributed by atoms with Crippen LogP contribution < -0.4 is 5.32 Å². The number of anilines is 1. The second-order valence-corrected chi connectivity index (χ2v) is 6.38. The Hall–Kier alpha value is -2.74. The topological polar surface area (TPSA) is 65.5 Å². The molecule has 0 spiro atoms. The number of carbonyl (C=O) groups excluding carboxylic acids is 2. The summed E-state index contributed by atoms with van der Waals surface area (Å²) in [6.45, 7) is 1.84. The summed E-state index contributed by atoms with van der Waals surface area (Å²) in [4.78, 5) is 31.8. The monoisotopic (exact) mass is 360 g/mol. The Morgan fingerprint density at radius 2 is 1.80 bits per heavy atom. The van der Waals surface area contributed by atoms with Crippen LogP contribution >= 0.6 is 11.3 Å². The molecule has 8 heteroatoms. The predicted molar refractivity (Wildman–Crippen MR) is 94.7 cm³/mol. The number of benzene rings is 1. The van der Waals surface area contributed by atoms with Crippen LogP contribution in [0, 0.1) is 5.82 Å². The fourth-order valence-electron chi connectivity index (χ4n) is 2.43. The van der Waals surface area contributed by atoms with Crippen LogP contribution in [0.4, 0.5) is 14.9 Å². The Labute approximate surface area is 148 Å². The molecule has 1 N–H and O–H groups in total. The number of halogens is 1. The van der Waals surface area contributed by atoms with E-state index in [1.54, 1.807) is 22.1 Å². The lowest BCUT2D eigenvalue weighted by Gasteiger charge is -2.34.